The molecule has 0 spiro atoms. The molecule has 0 radical (unpaired) electrons. The first-order valence-corrected chi connectivity index (χ1v) is 37.9. The van der Waals surface area contributed by atoms with Gasteiger partial charge in [0.05, 0.1) is 25.4 Å². The van der Waals surface area contributed by atoms with E-state index in [1.54, 1.807) is 0 Å². The predicted molar refractivity (Wildman–Crippen MR) is 361 cm³/mol. The van der Waals surface area contributed by atoms with Crippen molar-refractivity contribution >= 4 is 11.9 Å². The third-order valence-electron chi connectivity index (χ3n) is 18.1. The van der Waals surface area contributed by atoms with E-state index < -0.39 is 12.1 Å². The van der Waals surface area contributed by atoms with Crippen LogP contribution in [0.25, 0.3) is 0 Å². The van der Waals surface area contributed by atoms with Gasteiger partial charge in [0.15, 0.2) is 0 Å². The Morgan fingerprint density at radius 1 is 0.329 bits per heavy atom. The first kappa shape index (κ1) is 80.6. The Bertz CT molecular complexity index is 1240. The van der Waals surface area contributed by atoms with E-state index >= 15 is 0 Å². The van der Waals surface area contributed by atoms with Crippen molar-refractivity contribution in [1.29, 1.82) is 0 Å². The number of carbonyl (C=O) groups is 2. The molecule has 0 saturated heterocycles. The van der Waals surface area contributed by atoms with Crippen molar-refractivity contribution in [3.63, 3.8) is 0 Å². The monoisotopic (exact) mass is 1160 g/mol. The van der Waals surface area contributed by atoms with Gasteiger partial charge in [0.25, 0.3) is 0 Å². The Kier molecular flexibility index (Phi) is 70.8. The van der Waals surface area contributed by atoms with Crippen molar-refractivity contribution < 1.29 is 24.5 Å². The van der Waals surface area contributed by atoms with Crippen molar-refractivity contribution in [2.75, 3.05) is 13.2 Å². The van der Waals surface area contributed by atoms with Crippen molar-refractivity contribution in [2.24, 2.45) is 0 Å². The van der Waals surface area contributed by atoms with E-state index in [9.17, 15) is 19.8 Å². The highest BCUT2D eigenvalue weighted by Gasteiger charge is 2.20. The number of rotatable bonds is 72. The molecule has 6 heteroatoms. The summed E-state index contributed by atoms with van der Waals surface area (Å²) >= 11 is 0. The largest absolute Gasteiger partial charge is 0.466 e. The maximum atomic E-state index is 12.5. The van der Waals surface area contributed by atoms with Gasteiger partial charge in [-0.05, 0) is 51.4 Å². The third kappa shape index (κ3) is 67.7. The Morgan fingerprint density at radius 2 is 0.573 bits per heavy atom. The summed E-state index contributed by atoms with van der Waals surface area (Å²) in [6.45, 7) is 5.01. The van der Waals surface area contributed by atoms with Crippen LogP contribution < -0.4 is 5.32 Å². The molecule has 82 heavy (non-hydrogen) atoms. The second kappa shape index (κ2) is 72.1. The van der Waals surface area contributed by atoms with E-state index in [2.05, 4.69) is 31.3 Å². The first-order valence-electron chi connectivity index (χ1n) is 37.9. The Labute approximate surface area is 514 Å². The van der Waals surface area contributed by atoms with Gasteiger partial charge in [0, 0.05) is 12.8 Å². The van der Waals surface area contributed by atoms with Crippen molar-refractivity contribution in [2.45, 2.75) is 450 Å². The number of aliphatic hydroxyl groups is 2. The van der Waals surface area contributed by atoms with Crippen LogP contribution >= 0.6 is 0 Å². The first-order chi connectivity index (χ1) is 40.5. The van der Waals surface area contributed by atoms with Crippen LogP contribution in [0.2, 0.25) is 0 Å². The molecule has 3 N–H and O–H groups in total. The molecule has 0 rings (SSSR count). The highest BCUT2D eigenvalue weighted by molar-refractivity contribution is 5.76. The lowest BCUT2D eigenvalue weighted by molar-refractivity contribution is -0.143. The molecule has 0 aliphatic rings. The van der Waals surface area contributed by atoms with Gasteiger partial charge in [-0.3, -0.25) is 9.59 Å². The summed E-state index contributed by atoms with van der Waals surface area (Å²) in [4.78, 5) is 24.6. The smallest absolute Gasteiger partial charge is 0.305 e. The fourth-order valence-corrected chi connectivity index (χ4v) is 12.3. The molecule has 0 aromatic carbocycles. The number of amides is 1. The Morgan fingerprint density at radius 3 is 0.866 bits per heavy atom. The minimum absolute atomic E-state index is 0.0216. The molecule has 1 amide bonds. The number of allylic oxidation sites excluding steroid dienone is 2. The number of hydrogen-bond donors (Lipinski definition) is 3. The highest BCUT2D eigenvalue weighted by Crippen LogP contribution is 2.20. The number of aliphatic hydroxyl groups excluding tert-OH is 2. The molecule has 0 fully saturated rings. The molecule has 0 aromatic heterocycles. The van der Waals surface area contributed by atoms with Crippen molar-refractivity contribution in [3.05, 3.63) is 12.2 Å². The quantitative estimate of drug-likeness (QED) is 0.0320. The van der Waals surface area contributed by atoms with E-state index in [1.165, 1.54) is 366 Å². The zero-order valence-corrected chi connectivity index (χ0v) is 56.0. The van der Waals surface area contributed by atoms with Gasteiger partial charge in [-0.25, -0.2) is 0 Å². The van der Waals surface area contributed by atoms with Crippen LogP contribution in [0.5, 0.6) is 0 Å². The molecule has 2 unspecified atom stereocenters. The van der Waals surface area contributed by atoms with E-state index in [-0.39, 0.29) is 18.5 Å². The lowest BCUT2D eigenvalue weighted by atomic mass is 10.0. The molecule has 0 bridgehead atoms. The molecule has 6 nitrogen and oxygen atoms in total. The van der Waals surface area contributed by atoms with Crippen LogP contribution in [0.3, 0.4) is 0 Å². The van der Waals surface area contributed by atoms with Crippen LogP contribution in [0.4, 0.5) is 0 Å². The number of hydrogen-bond acceptors (Lipinski definition) is 5. The van der Waals surface area contributed by atoms with Crippen LogP contribution in [0.15, 0.2) is 12.2 Å². The predicted octanol–water partition coefficient (Wildman–Crippen LogP) is 24.7. The van der Waals surface area contributed by atoms with Gasteiger partial charge >= 0.3 is 5.97 Å². The van der Waals surface area contributed by atoms with E-state index in [0.717, 1.165) is 38.5 Å². The topological polar surface area (TPSA) is 95.9 Å². The molecule has 0 aliphatic carbocycles. The number of carbonyl (C=O) groups excluding carboxylic acids is 2. The van der Waals surface area contributed by atoms with Gasteiger partial charge in [-0.1, -0.05) is 386 Å². The number of nitrogens with one attached hydrogen (secondary N) is 1. The second-order valence-electron chi connectivity index (χ2n) is 26.3. The molecule has 0 heterocycles. The van der Waals surface area contributed by atoms with Gasteiger partial charge in [-0.15, -0.1) is 0 Å². The van der Waals surface area contributed by atoms with Gasteiger partial charge in [-0.2, -0.15) is 0 Å². The summed E-state index contributed by atoms with van der Waals surface area (Å²) in [5, 5.41) is 23.4. The minimum Gasteiger partial charge on any atom is -0.466 e. The lowest BCUT2D eigenvalue weighted by Gasteiger charge is -2.22. The maximum absolute atomic E-state index is 12.5. The molecule has 0 aliphatic heterocycles. The maximum Gasteiger partial charge on any atom is 0.305 e. The van der Waals surface area contributed by atoms with E-state index in [1.807, 2.05) is 0 Å². The van der Waals surface area contributed by atoms with Gasteiger partial charge in [0.1, 0.15) is 0 Å². The number of esters is 1. The van der Waals surface area contributed by atoms with Crippen LogP contribution in [0, 0.1) is 0 Å². The van der Waals surface area contributed by atoms with E-state index in [0.29, 0.717) is 25.9 Å². The fourth-order valence-electron chi connectivity index (χ4n) is 12.3. The summed E-state index contributed by atoms with van der Waals surface area (Å²) in [6, 6.07) is -0.539. The third-order valence-corrected chi connectivity index (χ3v) is 18.1. The van der Waals surface area contributed by atoms with E-state index in [4.69, 9.17) is 4.74 Å². The fraction of sp³-hybridized carbons (Fsp3) is 0.947. The molecule has 0 saturated carbocycles. The molecule has 0 aromatic rings. The molecular formula is C76H149NO5. The van der Waals surface area contributed by atoms with Crippen molar-refractivity contribution in [3.8, 4) is 0 Å². The zero-order valence-electron chi connectivity index (χ0n) is 56.0. The zero-order chi connectivity index (χ0) is 59.2. The second-order valence-corrected chi connectivity index (χ2v) is 26.3. The van der Waals surface area contributed by atoms with Crippen LogP contribution in [-0.4, -0.2) is 47.4 Å². The Hall–Kier alpha value is -1.40. The summed E-state index contributed by atoms with van der Waals surface area (Å²) in [5.41, 5.74) is 0. The van der Waals surface area contributed by atoms with Crippen LogP contribution in [0.1, 0.15) is 438 Å². The highest BCUT2D eigenvalue weighted by atomic mass is 16.5. The van der Waals surface area contributed by atoms with Gasteiger partial charge < -0.3 is 20.3 Å². The molecule has 2 atom stereocenters. The lowest BCUT2D eigenvalue weighted by Crippen LogP contribution is -2.45. The molecular weight excluding hydrogens is 1010 g/mol. The Balaban J connectivity index is 3.34. The summed E-state index contributed by atoms with van der Waals surface area (Å²) < 4.78 is 5.50. The van der Waals surface area contributed by atoms with Crippen LogP contribution in [-0.2, 0) is 14.3 Å². The summed E-state index contributed by atoms with van der Waals surface area (Å²) in [6.07, 6.45) is 90.0. The average molecular weight is 1160 g/mol. The van der Waals surface area contributed by atoms with Gasteiger partial charge in [0.2, 0.25) is 5.91 Å². The normalized spacial score (nSPS) is 12.5. The summed E-state index contributed by atoms with van der Waals surface area (Å²) in [7, 11) is 0. The summed E-state index contributed by atoms with van der Waals surface area (Å²) in [5.74, 6) is -0.00578. The number of ether oxygens (including phenoxy) is 1. The standard InChI is InChI=1S/C76H149NO5/c1-3-5-7-9-11-13-15-17-19-20-35-38-41-44-48-52-56-60-64-68-74(79)73(72-78)77-75(80)69-65-61-57-53-49-45-42-39-36-33-31-29-27-25-23-21-22-24-26-28-30-32-34-37-40-43-47-51-55-59-63-67-71-82-76(81)70-66-62-58-54-50-46-18-16-14-12-10-8-6-4-2/h24,26,73-74,78-79H,3-23,25,27-72H2,1-2H3,(H,77,80)/b26-24-. The average Bonchev–Trinajstić information content (AvgIpc) is 3.48. The number of unbranched alkanes of at least 4 members (excludes halogenated alkanes) is 59. The SMILES string of the molecule is CCCCCCCCCCCCCCCCCCCCCC(O)C(CO)NC(=O)CCCCCCCCCCCCCCCCCC/C=C\CCCCCCCCCCCCCCOC(=O)CCCCCCCCCCCCCCCC. The van der Waals surface area contributed by atoms with Crippen molar-refractivity contribution in [1.82, 2.24) is 5.32 Å². The molecule has 488 valence electrons. The minimum atomic E-state index is -0.662.